The molecule has 1 heterocycles. The molecular formula is C22H19N3OS. The Bertz CT molecular complexity index is 1090. The number of nitrogens with one attached hydrogen (secondary N) is 1. The van der Waals surface area contributed by atoms with E-state index in [1.807, 2.05) is 74.8 Å². The van der Waals surface area contributed by atoms with Crippen LogP contribution in [0.3, 0.4) is 0 Å². The summed E-state index contributed by atoms with van der Waals surface area (Å²) in [5, 5.41) is 3.85. The second-order valence-corrected chi connectivity index (χ2v) is 7.49. The summed E-state index contributed by atoms with van der Waals surface area (Å²) < 4.78 is 1.15. The van der Waals surface area contributed by atoms with E-state index >= 15 is 0 Å². The third-order valence-corrected chi connectivity index (χ3v) is 5.38. The molecular weight excluding hydrogens is 354 g/mol. The van der Waals surface area contributed by atoms with Gasteiger partial charge in [-0.2, -0.15) is 0 Å². The highest BCUT2D eigenvalue weighted by molar-refractivity contribution is 7.21. The molecule has 4 aromatic rings. The number of nitrogens with zero attached hydrogens (tertiary/aromatic N) is 2. The molecule has 134 valence electrons. The lowest BCUT2D eigenvalue weighted by Gasteiger charge is -2.11. The average molecular weight is 373 g/mol. The van der Waals surface area contributed by atoms with Crippen LogP contribution in [0.15, 0.2) is 72.8 Å². The van der Waals surface area contributed by atoms with Crippen LogP contribution in [-0.4, -0.2) is 25.0 Å². The zero-order chi connectivity index (χ0) is 18.8. The fourth-order valence-corrected chi connectivity index (χ4v) is 3.81. The molecule has 0 atom stereocenters. The van der Waals surface area contributed by atoms with Gasteiger partial charge in [0.1, 0.15) is 5.01 Å². The van der Waals surface area contributed by atoms with Crippen LogP contribution in [0.1, 0.15) is 10.4 Å². The van der Waals surface area contributed by atoms with E-state index in [2.05, 4.69) is 22.3 Å². The van der Waals surface area contributed by atoms with Crippen LogP contribution in [-0.2, 0) is 0 Å². The molecule has 0 spiro atoms. The Morgan fingerprint density at radius 1 is 0.963 bits per heavy atom. The van der Waals surface area contributed by atoms with Crippen molar-refractivity contribution in [3.05, 3.63) is 78.4 Å². The SMILES string of the molecule is CN(C)c1ccc2nc(-c3ccc(C(=O)Nc4ccccc4)cc3)sc2c1. The van der Waals surface area contributed by atoms with Crippen molar-refractivity contribution >= 4 is 38.8 Å². The van der Waals surface area contributed by atoms with E-state index in [1.165, 1.54) is 0 Å². The number of rotatable bonds is 4. The Balaban J connectivity index is 1.56. The Morgan fingerprint density at radius 2 is 1.70 bits per heavy atom. The summed E-state index contributed by atoms with van der Waals surface area (Å²) in [5.41, 5.74) is 4.57. The Labute approximate surface area is 162 Å². The minimum atomic E-state index is -0.118. The number of hydrogen-bond acceptors (Lipinski definition) is 4. The van der Waals surface area contributed by atoms with Gasteiger partial charge in [-0.3, -0.25) is 4.79 Å². The fraction of sp³-hybridized carbons (Fsp3) is 0.0909. The maximum atomic E-state index is 12.4. The first kappa shape index (κ1) is 17.2. The van der Waals surface area contributed by atoms with Gasteiger partial charge in [-0.05, 0) is 42.5 Å². The van der Waals surface area contributed by atoms with Gasteiger partial charge < -0.3 is 10.2 Å². The predicted octanol–water partition coefficient (Wildman–Crippen LogP) is 5.28. The molecule has 0 aliphatic heterocycles. The molecule has 1 amide bonds. The zero-order valence-corrected chi connectivity index (χ0v) is 16.0. The maximum Gasteiger partial charge on any atom is 0.255 e. The number of hydrogen-bond donors (Lipinski definition) is 1. The van der Waals surface area contributed by atoms with E-state index in [0.717, 1.165) is 32.2 Å². The summed E-state index contributed by atoms with van der Waals surface area (Å²) in [6, 6.07) is 23.3. The number of para-hydroxylation sites is 1. The molecule has 0 aliphatic carbocycles. The molecule has 0 bridgehead atoms. The molecule has 4 rings (SSSR count). The van der Waals surface area contributed by atoms with Crippen LogP contribution in [0.5, 0.6) is 0 Å². The van der Waals surface area contributed by atoms with Crippen molar-refractivity contribution in [1.82, 2.24) is 4.98 Å². The molecule has 0 unspecified atom stereocenters. The van der Waals surface area contributed by atoms with Gasteiger partial charge in [0.05, 0.1) is 10.2 Å². The number of thiazole rings is 1. The highest BCUT2D eigenvalue weighted by Gasteiger charge is 2.10. The topological polar surface area (TPSA) is 45.2 Å². The van der Waals surface area contributed by atoms with Crippen LogP contribution in [0.2, 0.25) is 0 Å². The molecule has 3 aromatic carbocycles. The van der Waals surface area contributed by atoms with E-state index in [0.29, 0.717) is 5.56 Å². The number of amides is 1. The summed E-state index contributed by atoms with van der Waals surface area (Å²) in [6.45, 7) is 0. The van der Waals surface area contributed by atoms with Crippen LogP contribution < -0.4 is 10.2 Å². The molecule has 0 fully saturated rings. The number of carbonyl (C=O) groups is 1. The molecule has 0 aliphatic rings. The van der Waals surface area contributed by atoms with Gasteiger partial charge in [0.15, 0.2) is 0 Å². The predicted molar refractivity (Wildman–Crippen MR) is 114 cm³/mol. The zero-order valence-electron chi connectivity index (χ0n) is 15.1. The first-order chi connectivity index (χ1) is 13.1. The standard InChI is InChI=1S/C22H19N3OS/c1-25(2)18-12-13-19-20(14-18)27-22(24-19)16-10-8-15(9-11-16)21(26)23-17-6-4-3-5-7-17/h3-14H,1-2H3,(H,23,26). The third kappa shape index (κ3) is 3.68. The van der Waals surface area contributed by atoms with E-state index in [9.17, 15) is 4.79 Å². The molecule has 0 radical (unpaired) electrons. The Kier molecular flexibility index (Phi) is 4.60. The average Bonchev–Trinajstić information content (AvgIpc) is 3.12. The molecule has 0 saturated carbocycles. The van der Waals surface area contributed by atoms with Gasteiger partial charge in [-0.15, -0.1) is 11.3 Å². The lowest BCUT2D eigenvalue weighted by molar-refractivity contribution is 0.102. The maximum absolute atomic E-state index is 12.4. The summed E-state index contributed by atoms with van der Waals surface area (Å²) >= 11 is 1.66. The van der Waals surface area contributed by atoms with Crippen molar-refractivity contribution in [1.29, 1.82) is 0 Å². The monoisotopic (exact) mass is 373 g/mol. The molecule has 5 heteroatoms. The van der Waals surface area contributed by atoms with Gasteiger partial charge in [0, 0.05) is 36.6 Å². The largest absolute Gasteiger partial charge is 0.378 e. The number of fused-ring (bicyclic) bond motifs is 1. The van der Waals surface area contributed by atoms with Crippen LogP contribution in [0, 0.1) is 0 Å². The highest BCUT2D eigenvalue weighted by Crippen LogP contribution is 2.32. The van der Waals surface area contributed by atoms with Crippen LogP contribution in [0.4, 0.5) is 11.4 Å². The van der Waals surface area contributed by atoms with E-state index < -0.39 is 0 Å². The molecule has 1 aromatic heterocycles. The minimum absolute atomic E-state index is 0.118. The first-order valence-electron chi connectivity index (χ1n) is 8.65. The quantitative estimate of drug-likeness (QED) is 0.529. The van der Waals surface area contributed by atoms with Crippen molar-refractivity contribution in [2.24, 2.45) is 0 Å². The van der Waals surface area contributed by atoms with Gasteiger partial charge in [-0.25, -0.2) is 4.98 Å². The molecule has 0 saturated heterocycles. The number of carbonyl (C=O) groups excluding carboxylic acids is 1. The van der Waals surface area contributed by atoms with Crippen molar-refractivity contribution in [2.75, 3.05) is 24.3 Å². The van der Waals surface area contributed by atoms with Gasteiger partial charge in [-0.1, -0.05) is 30.3 Å². The van der Waals surface area contributed by atoms with Crippen LogP contribution >= 0.6 is 11.3 Å². The van der Waals surface area contributed by atoms with Crippen molar-refractivity contribution < 1.29 is 4.79 Å². The van der Waals surface area contributed by atoms with Crippen molar-refractivity contribution in [3.63, 3.8) is 0 Å². The van der Waals surface area contributed by atoms with Crippen molar-refractivity contribution in [3.8, 4) is 10.6 Å². The second-order valence-electron chi connectivity index (χ2n) is 6.46. The molecule has 1 N–H and O–H groups in total. The van der Waals surface area contributed by atoms with E-state index in [-0.39, 0.29) is 5.91 Å². The van der Waals surface area contributed by atoms with Gasteiger partial charge in [0.25, 0.3) is 5.91 Å². The Morgan fingerprint density at radius 3 is 2.41 bits per heavy atom. The first-order valence-corrected chi connectivity index (χ1v) is 9.46. The number of anilines is 2. The smallest absolute Gasteiger partial charge is 0.255 e. The highest BCUT2D eigenvalue weighted by atomic mass is 32.1. The number of aromatic nitrogens is 1. The molecule has 4 nitrogen and oxygen atoms in total. The van der Waals surface area contributed by atoms with E-state index in [1.54, 1.807) is 11.3 Å². The van der Waals surface area contributed by atoms with Gasteiger partial charge >= 0.3 is 0 Å². The number of benzene rings is 3. The normalized spacial score (nSPS) is 10.7. The minimum Gasteiger partial charge on any atom is -0.378 e. The summed E-state index contributed by atoms with van der Waals surface area (Å²) in [4.78, 5) is 19.2. The van der Waals surface area contributed by atoms with Crippen molar-refractivity contribution in [2.45, 2.75) is 0 Å². The molecule has 27 heavy (non-hydrogen) atoms. The Hall–Kier alpha value is -3.18. The lowest BCUT2D eigenvalue weighted by atomic mass is 10.1. The fourth-order valence-electron chi connectivity index (χ4n) is 2.80. The summed E-state index contributed by atoms with van der Waals surface area (Å²) in [7, 11) is 4.06. The second kappa shape index (κ2) is 7.21. The summed E-state index contributed by atoms with van der Waals surface area (Å²) in [5.74, 6) is -0.118. The van der Waals surface area contributed by atoms with E-state index in [4.69, 9.17) is 4.98 Å². The third-order valence-electron chi connectivity index (χ3n) is 4.31. The lowest BCUT2D eigenvalue weighted by Crippen LogP contribution is -2.11. The summed E-state index contributed by atoms with van der Waals surface area (Å²) in [6.07, 6.45) is 0. The van der Waals surface area contributed by atoms with Gasteiger partial charge in [0.2, 0.25) is 0 Å². The van der Waals surface area contributed by atoms with Crippen LogP contribution in [0.25, 0.3) is 20.8 Å².